The number of anilines is 2. The Morgan fingerprint density at radius 3 is 2.13 bits per heavy atom. The summed E-state index contributed by atoms with van der Waals surface area (Å²) in [6.07, 6.45) is 13.0. The van der Waals surface area contributed by atoms with E-state index in [0.717, 1.165) is 48.2 Å². The minimum absolute atomic E-state index is 0.290. The van der Waals surface area contributed by atoms with Crippen molar-refractivity contribution in [2.45, 2.75) is 91.0 Å². The van der Waals surface area contributed by atoms with Crippen LogP contribution < -0.4 is 20.1 Å². The zero-order chi connectivity index (χ0) is 33.1. The molecule has 0 saturated heterocycles. The molecule has 0 aliphatic rings. The third-order valence-electron chi connectivity index (χ3n) is 7.97. The van der Waals surface area contributed by atoms with E-state index in [1.807, 2.05) is 36.4 Å². The van der Waals surface area contributed by atoms with Gasteiger partial charge < -0.3 is 29.7 Å². The average molecular weight is 636 g/mol. The van der Waals surface area contributed by atoms with Gasteiger partial charge in [0, 0.05) is 37.0 Å². The second-order valence-corrected chi connectivity index (χ2v) is 11.7. The molecule has 1 atom stereocenters. The lowest BCUT2D eigenvalue weighted by molar-refractivity contribution is -0.144. The Bertz CT molecular complexity index is 1340. The van der Waals surface area contributed by atoms with Crippen molar-refractivity contribution in [3.05, 3.63) is 48.3 Å². The van der Waals surface area contributed by atoms with Crippen LogP contribution in [0.1, 0.15) is 84.1 Å². The molecule has 3 rings (SSSR count). The summed E-state index contributed by atoms with van der Waals surface area (Å²) in [5, 5.41) is 6.84. The number of esters is 1. The van der Waals surface area contributed by atoms with Gasteiger partial charge in [0.2, 0.25) is 5.91 Å². The molecule has 10 nitrogen and oxygen atoms in total. The second-order valence-electron chi connectivity index (χ2n) is 11.7. The second kappa shape index (κ2) is 20.3. The third kappa shape index (κ3) is 12.1. The number of aromatic nitrogens is 2. The molecule has 252 valence electrons. The number of unbranched alkanes of at least 4 members (excludes halogenated alkanes) is 6. The number of amides is 1. The van der Waals surface area contributed by atoms with Gasteiger partial charge >= 0.3 is 5.97 Å². The minimum Gasteiger partial charge on any atom is -0.493 e. The molecular weight excluding hydrogens is 582 g/mol. The third-order valence-corrected chi connectivity index (χ3v) is 7.97. The normalized spacial score (nSPS) is 11.8. The molecule has 10 heteroatoms. The number of hydrogen-bond donors (Lipinski definition) is 2. The van der Waals surface area contributed by atoms with Crippen LogP contribution >= 0.6 is 0 Å². The van der Waals surface area contributed by atoms with Crippen LogP contribution in [0.25, 0.3) is 10.9 Å². The molecule has 0 unspecified atom stereocenters. The zero-order valence-electron chi connectivity index (χ0n) is 28.4. The minimum atomic E-state index is -0.750. The predicted molar refractivity (Wildman–Crippen MR) is 184 cm³/mol. The standard InChI is InChI=1S/C36H53N5O5/c1-6-8-10-12-19-41(20-13-11-9-7-2)21-14-22-46-34-24-30-31(25-33(34)44-4)37-26-38-35(30)40-29-17-15-28(16-18-29)23-32(36(43)45-5)39-27(3)42/h15-18,24-26,32H,6-14,19-23H2,1-5H3,(H,39,42)(H,37,38,40)/t32-/m0/s1. The van der Waals surface area contributed by atoms with E-state index in [2.05, 4.69) is 39.3 Å². The molecule has 0 spiro atoms. The largest absolute Gasteiger partial charge is 0.493 e. The highest BCUT2D eigenvalue weighted by Crippen LogP contribution is 2.35. The fourth-order valence-corrected chi connectivity index (χ4v) is 5.44. The molecular formula is C36H53N5O5. The quantitative estimate of drug-likeness (QED) is 0.0905. The fourth-order valence-electron chi connectivity index (χ4n) is 5.44. The number of ether oxygens (including phenoxy) is 3. The molecule has 0 radical (unpaired) electrons. The first kappa shape index (κ1) is 36.5. The Morgan fingerprint density at radius 1 is 0.848 bits per heavy atom. The number of carbonyl (C=O) groups excluding carboxylic acids is 2. The van der Waals surface area contributed by atoms with Crippen LogP contribution in [0.5, 0.6) is 11.5 Å². The smallest absolute Gasteiger partial charge is 0.328 e. The maximum Gasteiger partial charge on any atom is 0.328 e. The van der Waals surface area contributed by atoms with Crippen molar-refractivity contribution >= 4 is 34.3 Å². The molecule has 0 aliphatic heterocycles. The molecule has 1 heterocycles. The number of methoxy groups -OCH3 is 2. The van der Waals surface area contributed by atoms with E-state index in [9.17, 15) is 9.59 Å². The van der Waals surface area contributed by atoms with Crippen LogP contribution in [-0.4, -0.2) is 73.2 Å². The number of fused-ring (bicyclic) bond motifs is 1. The molecule has 0 saturated carbocycles. The van der Waals surface area contributed by atoms with Crippen LogP contribution in [-0.2, 0) is 20.7 Å². The van der Waals surface area contributed by atoms with Gasteiger partial charge in [-0.15, -0.1) is 0 Å². The van der Waals surface area contributed by atoms with Crippen molar-refractivity contribution in [2.75, 3.05) is 45.8 Å². The summed E-state index contributed by atoms with van der Waals surface area (Å²) in [5.74, 6) is 1.16. The lowest BCUT2D eigenvalue weighted by Gasteiger charge is -2.22. The van der Waals surface area contributed by atoms with Crippen molar-refractivity contribution in [1.82, 2.24) is 20.2 Å². The van der Waals surface area contributed by atoms with Crippen LogP contribution in [0.2, 0.25) is 0 Å². The summed E-state index contributed by atoms with van der Waals surface area (Å²) in [7, 11) is 2.95. The van der Waals surface area contributed by atoms with E-state index in [0.29, 0.717) is 30.3 Å². The Kier molecular flexibility index (Phi) is 16.1. The van der Waals surface area contributed by atoms with Crippen molar-refractivity contribution in [3.63, 3.8) is 0 Å². The summed E-state index contributed by atoms with van der Waals surface area (Å²) in [4.78, 5) is 35.2. The molecule has 3 aromatic rings. The van der Waals surface area contributed by atoms with Crippen molar-refractivity contribution in [3.8, 4) is 11.5 Å². The number of hydrogen-bond acceptors (Lipinski definition) is 9. The average Bonchev–Trinajstić information content (AvgIpc) is 3.06. The van der Waals surface area contributed by atoms with Crippen molar-refractivity contribution in [2.24, 2.45) is 0 Å². The van der Waals surface area contributed by atoms with Crippen LogP contribution in [0.3, 0.4) is 0 Å². The van der Waals surface area contributed by atoms with Crippen molar-refractivity contribution < 1.29 is 23.8 Å². The first-order chi connectivity index (χ1) is 22.4. The molecule has 0 aliphatic carbocycles. The molecule has 2 aromatic carbocycles. The number of carbonyl (C=O) groups is 2. The van der Waals surface area contributed by atoms with Gasteiger partial charge in [-0.3, -0.25) is 4.79 Å². The number of nitrogens with one attached hydrogen (secondary N) is 2. The van der Waals surface area contributed by atoms with Gasteiger partial charge in [-0.1, -0.05) is 64.5 Å². The van der Waals surface area contributed by atoms with Gasteiger partial charge in [-0.25, -0.2) is 14.8 Å². The van der Waals surface area contributed by atoms with Gasteiger partial charge in [0.05, 0.1) is 26.3 Å². The highest BCUT2D eigenvalue weighted by Gasteiger charge is 2.20. The van der Waals surface area contributed by atoms with E-state index in [1.54, 1.807) is 7.11 Å². The highest BCUT2D eigenvalue weighted by molar-refractivity contribution is 5.93. The molecule has 1 aromatic heterocycles. The molecule has 46 heavy (non-hydrogen) atoms. The van der Waals surface area contributed by atoms with E-state index in [-0.39, 0.29) is 5.91 Å². The Balaban J connectivity index is 1.66. The van der Waals surface area contributed by atoms with Gasteiger partial charge in [-0.2, -0.15) is 0 Å². The van der Waals surface area contributed by atoms with Crippen LogP contribution in [0.4, 0.5) is 11.5 Å². The monoisotopic (exact) mass is 635 g/mol. The summed E-state index contributed by atoms with van der Waals surface area (Å²) in [6.45, 7) is 9.80. The zero-order valence-corrected chi connectivity index (χ0v) is 28.4. The topological polar surface area (TPSA) is 115 Å². The first-order valence-corrected chi connectivity index (χ1v) is 16.8. The summed E-state index contributed by atoms with van der Waals surface area (Å²) < 4.78 is 16.8. The molecule has 2 N–H and O–H groups in total. The molecule has 0 bridgehead atoms. The highest BCUT2D eigenvalue weighted by atomic mass is 16.5. The fraction of sp³-hybridized carbons (Fsp3) is 0.556. The van der Waals surface area contributed by atoms with E-state index >= 15 is 0 Å². The lowest BCUT2D eigenvalue weighted by atomic mass is 10.1. The maximum absolute atomic E-state index is 12.1. The lowest BCUT2D eigenvalue weighted by Crippen LogP contribution is -2.41. The summed E-state index contributed by atoms with van der Waals surface area (Å²) in [6, 6.07) is 10.7. The van der Waals surface area contributed by atoms with Crippen LogP contribution in [0, 0.1) is 0 Å². The SMILES string of the molecule is CCCCCCN(CCCCCC)CCCOc1cc2c(Nc3ccc(C[C@H](NC(C)=O)C(=O)OC)cc3)ncnc2cc1OC. The van der Waals surface area contributed by atoms with Crippen molar-refractivity contribution in [1.29, 1.82) is 0 Å². The number of benzene rings is 2. The number of rotatable bonds is 22. The van der Waals surface area contributed by atoms with Gasteiger partial charge in [-0.05, 0) is 56.1 Å². The van der Waals surface area contributed by atoms with E-state index < -0.39 is 12.0 Å². The summed E-state index contributed by atoms with van der Waals surface area (Å²) >= 11 is 0. The van der Waals surface area contributed by atoms with Gasteiger partial charge in [0.25, 0.3) is 0 Å². The Labute approximate surface area is 274 Å². The van der Waals surface area contributed by atoms with Crippen LogP contribution in [0.15, 0.2) is 42.7 Å². The van der Waals surface area contributed by atoms with Gasteiger partial charge in [0.15, 0.2) is 11.5 Å². The number of nitrogens with zero attached hydrogens (tertiary/aromatic N) is 3. The summed E-state index contributed by atoms with van der Waals surface area (Å²) in [5.41, 5.74) is 2.43. The molecule has 0 fully saturated rings. The Hall–Kier alpha value is -3.92. The first-order valence-electron chi connectivity index (χ1n) is 16.8. The van der Waals surface area contributed by atoms with E-state index in [4.69, 9.17) is 14.2 Å². The van der Waals surface area contributed by atoms with Gasteiger partial charge in [0.1, 0.15) is 18.2 Å². The molecule has 1 amide bonds. The maximum atomic E-state index is 12.1. The predicted octanol–water partition coefficient (Wildman–Crippen LogP) is 6.83. The van der Waals surface area contributed by atoms with E-state index in [1.165, 1.54) is 71.7 Å². The Morgan fingerprint density at radius 2 is 1.52 bits per heavy atom.